The van der Waals surface area contributed by atoms with Crippen molar-refractivity contribution in [3.8, 4) is 0 Å². The maximum absolute atomic E-state index is 12.1. The molecular weight excluding hydrogens is 360 g/mol. The summed E-state index contributed by atoms with van der Waals surface area (Å²) in [5.41, 5.74) is 5.75. The molecule has 3 rings (SSSR count). The third-order valence-corrected chi connectivity index (χ3v) is 5.41. The first-order chi connectivity index (χ1) is 13.4. The van der Waals surface area contributed by atoms with Crippen molar-refractivity contribution >= 4 is 23.6 Å². The van der Waals surface area contributed by atoms with Gasteiger partial charge in [-0.05, 0) is 38.5 Å². The third-order valence-electron chi connectivity index (χ3n) is 5.41. The van der Waals surface area contributed by atoms with Gasteiger partial charge in [0.25, 0.3) is 5.91 Å². The lowest BCUT2D eigenvalue weighted by Gasteiger charge is -2.30. The Kier molecular flexibility index (Phi) is 6.66. The minimum absolute atomic E-state index is 0.0923. The van der Waals surface area contributed by atoms with E-state index in [4.69, 9.17) is 10.5 Å². The first-order valence-electron chi connectivity index (χ1n) is 9.93. The zero-order valence-corrected chi connectivity index (χ0v) is 16.6. The molecule has 1 aromatic rings. The highest BCUT2D eigenvalue weighted by Crippen LogP contribution is 2.27. The lowest BCUT2D eigenvalue weighted by Crippen LogP contribution is -2.35. The summed E-state index contributed by atoms with van der Waals surface area (Å²) >= 11 is 0. The molecule has 0 aromatic carbocycles. The molecule has 0 bridgehead atoms. The second-order valence-corrected chi connectivity index (χ2v) is 7.80. The first-order valence-corrected chi connectivity index (χ1v) is 9.93. The average Bonchev–Trinajstić information content (AvgIpc) is 2.69. The molecule has 1 saturated heterocycles. The van der Waals surface area contributed by atoms with Crippen molar-refractivity contribution in [1.29, 1.82) is 0 Å². The predicted octanol–water partition coefficient (Wildman–Crippen LogP) is 1.23. The van der Waals surface area contributed by atoms with E-state index in [1.165, 1.54) is 6.20 Å². The third kappa shape index (κ3) is 5.09. The summed E-state index contributed by atoms with van der Waals surface area (Å²) in [7, 11) is 3.60. The molecule has 2 aliphatic rings. The summed E-state index contributed by atoms with van der Waals surface area (Å²) in [6, 6.07) is 0.304. The number of carbonyl (C=O) groups is 2. The van der Waals surface area contributed by atoms with Gasteiger partial charge in [0.15, 0.2) is 0 Å². The Morgan fingerprint density at radius 2 is 1.89 bits per heavy atom. The number of ether oxygens (including phenoxy) is 1. The lowest BCUT2D eigenvalue weighted by molar-refractivity contribution is -0.133. The van der Waals surface area contributed by atoms with Crippen LogP contribution in [0.1, 0.15) is 48.9 Å². The zero-order valence-electron chi connectivity index (χ0n) is 16.6. The van der Waals surface area contributed by atoms with Crippen molar-refractivity contribution in [2.45, 2.75) is 50.6 Å². The van der Waals surface area contributed by atoms with E-state index in [0.29, 0.717) is 18.4 Å². The second kappa shape index (κ2) is 9.18. The lowest BCUT2D eigenvalue weighted by atomic mass is 9.85. The van der Waals surface area contributed by atoms with Crippen LogP contribution < -0.4 is 16.4 Å². The van der Waals surface area contributed by atoms with Crippen molar-refractivity contribution in [3.63, 3.8) is 0 Å². The van der Waals surface area contributed by atoms with E-state index < -0.39 is 5.91 Å². The van der Waals surface area contributed by atoms with Gasteiger partial charge in [-0.25, -0.2) is 4.98 Å². The fraction of sp³-hybridized carbons (Fsp3) is 0.684. The smallest absolute Gasteiger partial charge is 0.254 e. The Hall–Kier alpha value is -2.42. The molecule has 28 heavy (non-hydrogen) atoms. The average molecular weight is 390 g/mol. The molecule has 4 N–H and O–H groups in total. The Morgan fingerprint density at radius 1 is 1.14 bits per heavy atom. The van der Waals surface area contributed by atoms with Gasteiger partial charge in [-0.2, -0.15) is 4.98 Å². The zero-order chi connectivity index (χ0) is 20.1. The monoisotopic (exact) mass is 390 g/mol. The SMILES string of the molecule is CN(C)C(=O)[C@H]1CC[C@H](Nc2ncc(C(N)=O)c(NC3CCCOC3)n2)CC1. The molecule has 1 saturated carbocycles. The van der Waals surface area contributed by atoms with Gasteiger partial charge in [0.1, 0.15) is 5.82 Å². The number of nitrogens with one attached hydrogen (secondary N) is 2. The van der Waals surface area contributed by atoms with E-state index >= 15 is 0 Å². The fourth-order valence-electron chi connectivity index (χ4n) is 3.82. The highest BCUT2D eigenvalue weighted by Gasteiger charge is 2.28. The number of carbonyl (C=O) groups excluding carboxylic acids is 2. The van der Waals surface area contributed by atoms with Gasteiger partial charge in [-0.3, -0.25) is 9.59 Å². The Labute approximate surface area is 165 Å². The summed E-state index contributed by atoms with van der Waals surface area (Å²) in [6.45, 7) is 1.34. The summed E-state index contributed by atoms with van der Waals surface area (Å²) in [6.07, 6.45) is 6.83. The summed E-state index contributed by atoms with van der Waals surface area (Å²) in [5, 5.41) is 6.62. The van der Waals surface area contributed by atoms with Gasteiger partial charge in [0.2, 0.25) is 11.9 Å². The van der Waals surface area contributed by atoms with E-state index in [-0.39, 0.29) is 29.5 Å². The van der Waals surface area contributed by atoms with Crippen LogP contribution in [0.5, 0.6) is 0 Å². The molecule has 2 amide bonds. The summed E-state index contributed by atoms with van der Waals surface area (Å²) < 4.78 is 5.48. The van der Waals surface area contributed by atoms with E-state index in [2.05, 4.69) is 20.6 Å². The molecule has 1 unspecified atom stereocenters. The van der Waals surface area contributed by atoms with Gasteiger partial charge >= 0.3 is 0 Å². The molecule has 0 radical (unpaired) electrons. The number of aromatic nitrogens is 2. The van der Waals surface area contributed by atoms with Crippen LogP contribution in [0.4, 0.5) is 11.8 Å². The standard InChI is InChI=1S/C19H30N6O3/c1-25(2)18(27)12-5-7-13(8-6-12)23-19-21-10-15(16(20)26)17(24-19)22-14-4-3-9-28-11-14/h10,12-14H,3-9,11H2,1-2H3,(H2,20,26)(H2,21,22,23,24)/t12-,13-,14?. The number of nitrogens with zero attached hydrogens (tertiary/aromatic N) is 3. The normalized spacial score (nSPS) is 25.0. The van der Waals surface area contributed by atoms with E-state index in [0.717, 1.165) is 45.1 Å². The molecule has 2 fully saturated rings. The van der Waals surface area contributed by atoms with Crippen LogP contribution in [0.3, 0.4) is 0 Å². The van der Waals surface area contributed by atoms with E-state index in [1.54, 1.807) is 19.0 Å². The largest absolute Gasteiger partial charge is 0.379 e. The van der Waals surface area contributed by atoms with Crippen LogP contribution in [0, 0.1) is 5.92 Å². The van der Waals surface area contributed by atoms with Crippen LogP contribution in [0.15, 0.2) is 6.20 Å². The van der Waals surface area contributed by atoms with Crippen LogP contribution >= 0.6 is 0 Å². The molecule has 9 heteroatoms. The Morgan fingerprint density at radius 3 is 2.50 bits per heavy atom. The number of rotatable bonds is 6. The Balaban J connectivity index is 1.63. The topological polar surface area (TPSA) is 122 Å². The van der Waals surface area contributed by atoms with Crippen LogP contribution in [-0.4, -0.2) is 66.1 Å². The number of hydrogen-bond donors (Lipinski definition) is 3. The van der Waals surface area contributed by atoms with Crippen molar-refractivity contribution in [1.82, 2.24) is 14.9 Å². The van der Waals surface area contributed by atoms with Crippen molar-refractivity contribution < 1.29 is 14.3 Å². The van der Waals surface area contributed by atoms with E-state index in [1.807, 2.05) is 0 Å². The van der Waals surface area contributed by atoms with Crippen molar-refractivity contribution in [2.75, 3.05) is 37.9 Å². The molecule has 1 aliphatic carbocycles. The molecule has 1 atom stereocenters. The highest BCUT2D eigenvalue weighted by molar-refractivity contribution is 5.97. The van der Waals surface area contributed by atoms with Crippen molar-refractivity contribution in [2.24, 2.45) is 11.7 Å². The minimum atomic E-state index is -0.562. The van der Waals surface area contributed by atoms with Crippen LogP contribution in [0.2, 0.25) is 0 Å². The number of hydrogen-bond acceptors (Lipinski definition) is 7. The summed E-state index contributed by atoms with van der Waals surface area (Å²) in [5.74, 6) is 0.633. The quantitative estimate of drug-likeness (QED) is 0.667. The highest BCUT2D eigenvalue weighted by atomic mass is 16.5. The fourth-order valence-corrected chi connectivity index (χ4v) is 3.82. The van der Waals surface area contributed by atoms with Gasteiger partial charge in [0.05, 0.1) is 18.2 Å². The number of amides is 2. The Bertz CT molecular complexity index is 697. The number of anilines is 2. The van der Waals surface area contributed by atoms with Crippen molar-refractivity contribution in [3.05, 3.63) is 11.8 Å². The molecular formula is C19H30N6O3. The van der Waals surface area contributed by atoms with Crippen LogP contribution in [-0.2, 0) is 9.53 Å². The maximum atomic E-state index is 12.1. The molecule has 154 valence electrons. The molecule has 1 aliphatic heterocycles. The predicted molar refractivity (Wildman–Crippen MR) is 106 cm³/mol. The number of primary amides is 1. The molecule has 2 heterocycles. The maximum Gasteiger partial charge on any atom is 0.254 e. The van der Waals surface area contributed by atoms with Gasteiger partial charge in [-0.15, -0.1) is 0 Å². The number of nitrogens with two attached hydrogens (primary N) is 1. The van der Waals surface area contributed by atoms with E-state index in [9.17, 15) is 9.59 Å². The minimum Gasteiger partial charge on any atom is -0.379 e. The summed E-state index contributed by atoms with van der Waals surface area (Å²) in [4.78, 5) is 34.3. The van der Waals surface area contributed by atoms with Gasteiger partial charge in [0, 0.05) is 38.9 Å². The molecule has 0 spiro atoms. The molecule has 9 nitrogen and oxygen atoms in total. The molecule has 1 aromatic heterocycles. The van der Waals surface area contributed by atoms with Crippen LogP contribution in [0.25, 0.3) is 0 Å². The van der Waals surface area contributed by atoms with Gasteiger partial charge in [-0.1, -0.05) is 0 Å². The first kappa shape index (κ1) is 20.3. The second-order valence-electron chi connectivity index (χ2n) is 7.80. The van der Waals surface area contributed by atoms with Gasteiger partial charge < -0.3 is 26.0 Å².